The Morgan fingerprint density at radius 3 is 2.47 bits per heavy atom. The van der Waals surface area contributed by atoms with Crippen LogP contribution in [-0.4, -0.2) is 18.7 Å². The van der Waals surface area contributed by atoms with E-state index in [2.05, 4.69) is 0 Å². The molecule has 1 heterocycles. The number of amides is 1. The van der Waals surface area contributed by atoms with E-state index < -0.39 is 11.6 Å². The Kier molecular flexibility index (Phi) is 3.76. The molecular weight excluding hydrogens is 265 g/mol. The lowest BCUT2D eigenvalue weighted by Crippen LogP contribution is -2.23. The summed E-state index contributed by atoms with van der Waals surface area (Å²) in [7, 11) is 1.59. The van der Waals surface area contributed by atoms with Crippen molar-refractivity contribution in [3.8, 4) is 0 Å². The van der Waals surface area contributed by atoms with E-state index in [0.717, 1.165) is 0 Å². The number of carbonyl (C=O) groups excluding carboxylic acids is 2. The second-order valence-corrected chi connectivity index (χ2v) is 4.92. The molecule has 0 fully saturated rings. The van der Waals surface area contributed by atoms with Gasteiger partial charge in [0.1, 0.15) is 10.8 Å². The van der Waals surface area contributed by atoms with Crippen LogP contribution in [0.25, 0.3) is 0 Å². The van der Waals surface area contributed by atoms with Crippen LogP contribution in [0.4, 0.5) is 9.39 Å². The third-order valence-corrected chi connectivity index (χ3v) is 3.77. The first-order valence-electron chi connectivity index (χ1n) is 5.63. The third kappa shape index (κ3) is 2.56. The van der Waals surface area contributed by atoms with Gasteiger partial charge in [-0.1, -0.05) is 12.1 Å². The first kappa shape index (κ1) is 13.4. The highest BCUT2D eigenvalue weighted by Gasteiger charge is 2.21. The molecule has 1 aromatic heterocycles. The maximum atomic E-state index is 13.6. The molecule has 0 atom stereocenters. The van der Waals surface area contributed by atoms with E-state index in [-0.39, 0.29) is 11.5 Å². The van der Waals surface area contributed by atoms with Gasteiger partial charge in [0, 0.05) is 14.0 Å². The van der Waals surface area contributed by atoms with Crippen molar-refractivity contribution in [3.63, 3.8) is 0 Å². The minimum Gasteiger partial charge on any atom is -0.307 e. The standard InChI is InChI=1S/C14H12FNO2S/c1-9(17)16(2)14-11(7-8-19-14)13(18)10-5-3-4-6-12(10)15/h3-8H,1-2H3. The number of carbonyl (C=O) groups is 2. The number of hydrogen-bond acceptors (Lipinski definition) is 3. The highest BCUT2D eigenvalue weighted by Crippen LogP contribution is 2.29. The number of benzene rings is 1. The molecule has 0 aliphatic rings. The summed E-state index contributed by atoms with van der Waals surface area (Å²) >= 11 is 1.28. The summed E-state index contributed by atoms with van der Waals surface area (Å²) in [5.41, 5.74) is 0.354. The average molecular weight is 277 g/mol. The molecule has 0 aliphatic heterocycles. The molecule has 1 aromatic carbocycles. The largest absolute Gasteiger partial charge is 0.307 e. The van der Waals surface area contributed by atoms with Crippen LogP contribution in [0.5, 0.6) is 0 Å². The summed E-state index contributed by atoms with van der Waals surface area (Å²) in [4.78, 5) is 25.1. The molecule has 0 bridgehead atoms. The normalized spacial score (nSPS) is 10.3. The van der Waals surface area contributed by atoms with E-state index in [4.69, 9.17) is 0 Å². The fraction of sp³-hybridized carbons (Fsp3) is 0.143. The first-order valence-corrected chi connectivity index (χ1v) is 6.51. The van der Waals surface area contributed by atoms with Crippen LogP contribution < -0.4 is 4.90 Å². The van der Waals surface area contributed by atoms with Crippen LogP contribution in [0.15, 0.2) is 35.7 Å². The quantitative estimate of drug-likeness (QED) is 0.808. The Bertz CT molecular complexity index is 636. The second-order valence-electron chi connectivity index (χ2n) is 4.03. The maximum Gasteiger partial charge on any atom is 0.224 e. The van der Waals surface area contributed by atoms with Crippen molar-refractivity contribution in [2.45, 2.75) is 6.92 Å². The average Bonchev–Trinajstić information content (AvgIpc) is 2.86. The molecule has 2 aromatic rings. The molecule has 2 rings (SSSR count). The SMILES string of the molecule is CC(=O)N(C)c1sccc1C(=O)c1ccccc1F. The number of hydrogen-bond donors (Lipinski definition) is 0. The molecule has 0 saturated carbocycles. The topological polar surface area (TPSA) is 37.4 Å². The molecular formula is C14H12FNO2S. The molecule has 0 unspecified atom stereocenters. The number of thiophene rings is 1. The van der Waals surface area contributed by atoms with Gasteiger partial charge in [-0.05, 0) is 23.6 Å². The maximum absolute atomic E-state index is 13.6. The lowest BCUT2D eigenvalue weighted by atomic mass is 10.0. The van der Waals surface area contributed by atoms with Gasteiger partial charge in [-0.2, -0.15) is 0 Å². The molecule has 0 saturated heterocycles. The van der Waals surface area contributed by atoms with E-state index in [1.54, 1.807) is 24.6 Å². The molecule has 0 radical (unpaired) electrons. The number of rotatable bonds is 3. The van der Waals surface area contributed by atoms with Crippen molar-refractivity contribution in [2.24, 2.45) is 0 Å². The molecule has 98 valence electrons. The zero-order chi connectivity index (χ0) is 14.0. The van der Waals surface area contributed by atoms with E-state index in [0.29, 0.717) is 10.6 Å². The van der Waals surface area contributed by atoms with Gasteiger partial charge in [0.15, 0.2) is 5.78 Å². The lowest BCUT2D eigenvalue weighted by Gasteiger charge is -2.14. The zero-order valence-electron chi connectivity index (χ0n) is 10.5. The van der Waals surface area contributed by atoms with Gasteiger partial charge in [-0.25, -0.2) is 4.39 Å². The fourth-order valence-corrected chi connectivity index (χ4v) is 2.57. The predicted molar refractivity (Wildman–Crippen MR) is 73.2 cm³/mol. The minimum absolute atomic E-state index is 0.0131. The van der Waals surface area contributed by atoms with Crippen LogP contribution in [0.1, 0.15) is 22.8 Å². The van der Waals surface area contributed by atoms with E-state index >= 15 is 0 Å². The molecule has 0 N–H and O–H groups in total. The van der Waals surface area contributed by atoms with Crippen molar-refractivity contribution < 1.29 is 14.0 Å². The molecule has 5 heteroatoms. The summed E-state index contributed by atoms with van der Waals surface area (Å²) in [5.74, 6) is -1.15. The first-order chi connectivity index (χ1) is 9.02. The van der Waals surface area contributed by atoms with Gasteiger partial charge in [-0.3, -0.25) is 9.59 Å². The monoisotopic (exact) mass is 277 g/mol. The van der Waals surface area contributed by atoms with Crippen LogP contribution in [0, 0.1) is 5.82 Å². The van der Waals surface area contributed by atoms with E-state index in [1.807, 2.05) is 0 Å². The molecule has 0 aliphatic carbocycles. The van der Waals surface area contributed by atoms with Gasteiger partial charge in [0.2, 0.25) is 5.91 Å². The van der Waals surface area contributed by atoms with E-state index in [9.17, 15) is 14.0 Å². The number of anilines is 1. The van der Waals surface area contributed by atoms with Crippen LogP contribution >= 0.6 is 11.3 Å². The summed E-state index contributed by atoms with van der Waals surface area (Å²) in [6.45, 7) is 1.41. The summed E-state index contributed by atoms with van der Waals surface area (Å²) < 4.78 is 13.6. The fourth-order valence-electron chi connectivity index (χ4n) is 1.67. The molecule has 0 spiro atoms. The lowest BCUT2D eigenvalue weighted by molar-refractivity contribution is -0.116. The second kappa shape index (κ2) is 5.32. The molecule has 3 nitrogen and oxygen atoms in total. The highest BCUT2D eigenvalue weighted by atomic mass is 32.1. The number of halogens is 1. The zero-order valence-corrected chi connectivity index (χ0v) is 11.3. The van der Waals surface area contributed by atoms with Crippen molar-refractivity contribution in [1.82, 2.24) is 0 Å². The highest BCUT2D eigenvalue weighted by molar-refractivity contribution is 7.14. The van der Waals surface area contributed by atoms with Crippen LogP contribution in [0.3, 0.4) is 0 Å². The van der Waals surface area contributed by atoms with Gasteiger partial charge >= 0.3 is 0 Å². The van der Waals surface area contributed by atoms with E-state index in [1.165, 1.54) is 41.4 Å². The van der Waals surface area contributed by atoms with Crippen molar-refractivity contribution >= 4 is 28.0 Å². The van der Waals surface area contributed by atoms with Gasteiger partial charge in [0.25, 0.3) is 0 Å². The molecule has 19 heavy (non-hydrogen) atoms. The minimum atomic E-state index is -0.560. The van der Waals surface area contributed by atoms with Crippen molar-refractivity contribution in [3.05, 3.63) is 52.7 Å². The Balaban J connectivity index is 2.44. The summed E-state index contributed by atoms with van der Waals surface area (Å²) in [6.07, 6.45) is 0. The van der Waals surface area contributed by atoms with Crippen molar-refractivity contribution in [2.75, 3.05) is 11.9 Å². The smallest absolute Gasteiger partial charge is 0.224 e. The van der Waals surface area contributed by atoms with Gasteiger partial charge < -0.3 is 4.90 Å². The summed E-state index contributed by atoms with van der Waals surface area (Å²) in [6, 6.07) is 7.43. The number of ketones is 1. The predicted octanol–water partition coefficient (Wildman–Crippen LogP) is 3.10. The van der Waals surface area contributed by atoms with Gasteiger partial charge in [0.05, 0.1) is 11.1 Å². The Morgan fingerprint density at radius 1 is 1.16 bits per heavy atom. The Morgan fingerprint density at radius 2 is 1.84 bits per heavy atom. The molecule has 1 amide bonds. The van der Waals surface area contributed by atoms with Gasteiger partial charge in [-0.15, -0.1) is 11.3 Å². The third-order valence-electron chi connectivity index (χ3n) is 2.78. The Hall–Kier alpha value is -2.01. The Labute approximate surface area is 114 Å². The van der Waals surface area contributed by atoms with Crippen LogP contribution in [0.2, 0.25) is 0 Å². The van der Waals surface area contributed by atoms with Crippen molar-refractivity contribution in [1.29, 1.82) is 0 Å². The van der Waals surface area contributed by atoms with Crippen LogP contribution in [-0.2, 0) is 4.79 Å². The summed E-state index contributed by atoms with van der Waals surface area (Å²) in [5, 5.41) is 2.24. The number of nitrogens with zero attached hydrogens (tertiary/aromatic N) is 1.